The van der Waals surface area contributed by atoms with Crippen molar-refractivity contribution >= 4 is 11.8 Å². The maximum atomic E-state index is 12.5. The first-order valence-electron chi connectivity index (χ1n) is 6.44. The lowest BCUT2D eigenvalue weighted by Crippen LogP contribution is -2.50. The summed E-state index contributed by atoms with van der Waals surface area (Å²) in [7, 11) is 0. The van der Waals surface area contributed by atoms with Crippen molar-refractivity contribution in [1.29, 1.82) is 0 Å². The van der Waals surface area contributed by atoms with E-state index in [0.717, 1.165) is 5.56 Å². The number of aromatic nitrogens is 1. The number of carbonyl (C=O) groups excluding carboxylic acids is 2. The van der Waals surface area contributed by atoms with E-state index in [-0.39, 0.29) is 19.5 Å². The molecule has 2 rings (SSSR count). The van der Waals surface area contributed by atoms with E-state index in [1.165, 1.54) is 0 Å². The Morgan fingerprint density at radius 1 is 1.33 bits per heavy atom. The molecule has 8 heteroatoms. The van der Waals surface area contributed by atoms with Crippen LogP contribution in [0, 0.1) is 0 Å². The second-order valence-corrected chi connectivity index (χ2v) is 4.73. The Morgan fingerprint density at radius 3 is 2.62 bits per heavy atom. The van der Waals surface area contributed by atoms with Crippen LogP contribution in [-0.4, -0.2) is 40.5 Å². The molecule has 0 spiro atoms. The summed E-state index contributed by atoms with van der Waals surface area (Å²) in [5, 5.41) is 2.55. The zero-order chi connectivity index (χ0) is 15.5. The van der Waals surface area contributed by atoms with Crippen molar-refractivity contribution in [2.24, 2.45) is 0 Å². The Kier molecular flexibility index (Phi) is 4.44. The Morgan fingerprint density at radius 2 is 2.00 bits per heavy atom. The van der Waals surface area contributed by atoms with Gasteiger partial charge in [-0.3, -0.25) is 14.6 Å². The first kappa shape index (κ1) is 15.3. The molecule has 1 atom stereocenters. The van der Waals surface area contributed by atoms with Gasteiger partial charge in [-0.2, -0.15) is 13.2 Å². The minimum absolute atomic E-state index is 0.0499. The van der Waals surface area contributed by atoms with Gasteiger partial charge in [-0.15, -0.1) is 0 Å². The second-order valence-electron chi connectivity index (χ2n) is 4.73. The normalized spacial score (nSPS) is 18.6. The van der Waals surface area contributed by atoms with Crippen LogP contribution < -0.4 is 5.32 Å². The lowest BCUT2D eigenvalue weighted by Gasteiger charge is -2.24. The number of hydrogen-bond acceptors (Lipinski definition) is 3. The van der Waals surface area contributed by atoms with Crippen molar-refractivity contribution in [1.82, 2.24) is 15.2 Å². The van der Waals surface area contributed by atoms with Crippen LogP contribution in [0.2, 0.25) is 0 Å². The molecule has 1 aromatic heterocycles. The van der Waals surface area contributed by atoms with Crippen LogP contribution in [0.1, 0.15) is 18.4 Å². The van der Waals surface area contributed by atoms with Crippen LogP contribution >= 0.6 is 0 Å². The average Bonchev–Trinajstić information content (AvgIpc) is 2.93. The van der Waals surface area contributed by atoms with Crippen molar-refractivity contribution in [2.75, 3.05) is 6.54 Å². The van der Waals surface area contributed by atoms with Crippen LogP contribution in [0.25, 0.3) is 0 Å². The standard InChI is InChI=1S/C13H14F3N3O2/c14-13(15,16)12(21)19-7-1-2-10(19)11(20)18-8-9-3-5-17-6-4-9/h3-6,10H,1-2,7-8H2,(H,18,20). The molecule has 114 valence electrons. The highest BCUT2D eigenvalue weighted by molar-refractivity contribution is 5.90. The highest BCUT2D eigenvalue weighted by atomic mass is 19.4. The number of rotatable bonds is 3. The molecule has 1 aliphatic rings. The molecule has 0 radical (unpaired) electrons. The highest BCUT2D eigenvalue weighted by Gasteiger charge is 2.47. The van der Waals surface area contributed by atoms with Gasteiger partial charge in [0.1, 0.15) is 6.04 Å². The summed E-state index contributed by atoms with van der Waals surface area (Å²) < 4.78 is 37.4. The monoisotopic (exact) mass is 301 g/mol. The molecule has 5 nitrogen and oxygen atoms in total. The van der Waals surface area contributed by atoms with Gasteiger partial charge in [0.15, 0.2) is 0 Å². The number of pyridine rings is 1. The average molecular weight is 301 g/mol. The van der Waals surface area contributed by atoms with E-state index in [2.05, 4.69) is 10.3 Å². The first-order chi connectivity index (χ1) is 9.89. The fourth-order valence-corrected chi connectivity index (χ4v) is 2.25. The predicted molar refractivity (Wildman–Crippen MR) is 66.9 cm³/mol. The summed E-state index contributed by atoms with van der Waals surface area (Å²) in [4.78, 5) is 27.7. The smallest absolute Gasteiger partial charge is 0.350 e. The zero-order valence-electron chi connectivity index (χ0n) is 11.1. The van der Waals surface area contributed by atoms with E-state index in [4.69, 9.17) is 0 Å². The van der Waals surface area contributed by atoms with E-state index in [1.807, 2.05) is 0 Å². The minimum Gasteiger partial charge on any atom is -0.350 e. The Bertz CT molecular complexity index is 519. The van der Waals surface area contributed by atoms with Gasteiger partial charge in [0, 0.05) is 25.5 Å². The zero-order valence-corrected chi connectivity index (χ0v) is 11.1. The molecule has 0 aromatic carbocycles. The molecule has 0 bridgehead atoms. The number of alkyl halides is 3. The Balaban J connectivity index is 1.96. The number of carbonyl (C=O) groups is 2. The van der Waals surface area contributed by atoms with Crippen LogP contribution in [0.15, 0.2) is 24.5 Å². The summed E-state index contributed by atoms with van der Waals surface area (Å²) in [6.45, 7) is 0.136. The Hall–Kier alpha value is -2.12. The maximum Gasteiger partial charge on any atom is 0.471 e. The van der Waals surface area contributed by atoms with E-state index < -0.39 is 24.0 Å². The molecule has 1 aliphatic heterocycles. The molecule has 1 saturated heterocycles. The van der Waals surface area contributed by atoms with Gasteiger partial charge < -0.3 is 10.2 Å². The summed E-state index contributed by atoms with van der Waals surface area (Å²) >= 11 is 0. The minimum atomic E-state index is -4.95. The topological polar surface area (TPSA) is 62.3 Å². The molecule has 21 heavy (non-hydrogen) atoms. The van der Waals surface area contributed by atoms with Crippen LogP contribution in [0.3, 0.4) is 0 Å². The van der Waals surface area contributed by atoms with E-state index in [1.54, 1.807) is 24.5 Å². The van der Waals surface area contributed by atoms with Crippen LogP contribution in [0.5, 0.6) is 0 Å². The fourth-order valence-electron chi connectivity index (χ4n) is 2.25. The van der Waals surface area contributed by atoms with Gasteiger partial charge in [-0.05, 0) is 30.5 Å². The molecule has 1 fully saturated rings. The van der Waals surface area contributed by atoms with Gasteiger partial charge >= 0.3 is 12.1 Å². The molecular formula is C13H14F3N3O2. The van der Waals surface area contributed by atoms with Gasteiger partial charge in [-0.25, -0.2) is 0 Å². The number of hydrogen-bond donors (Lipinski definition) is 1. The SMILES string of the molecule is O=C(NCc1ccncc1)C1CCCN1C(=O)C(F)(F)F. The Labute approximate surface area is 119 Å². The van der Waals surface area contributed by atoms with Crippen molar-refractivity contribution < 1.29 is 22.8 Å². The van der Waals surface area contributed by atoms with E-state index in [9.17, 15) is 22.8 Å². The lowest BCUT2D eigenvalue weighted by molar-refractivity contribution is -0.186. The quantitative estimate of drug-likeness (QED) is 0.914. The highest BCUT2D eigenvalue weighted by Crippen LogP contribution is 2.25. The number of amides is 2. The summed E-state index contributed by atoms with van der Waals surface area (Å²) in [5.74, 6) is -2.52. The molecule has 1 N–H and O–H groups in total. The molecule has 2 heterocycles. The third-order valence-corrected chi connectivity index (χ3v) is 3.27. The first-order valence-corrected chi connectivity index (χ1v) is 6.44. The summed E-state index contributed by atoms with van der Waals surface area (Å²) in [6, 6.07) is 2.32. The summed E-state index contributed by atoms with van der Waals surface area (Å²) in [6.07, 6.45) is -1.22. The van der Waals surface area contributed by atoms with Crippen LogP contribution in [-0.2, 0) is 16.1 Å². The van der Waals surface area contributed by atoms with Gasteiger partial charge in [0.2, 0.25) is 5.91 Å². The van der Waals surface area contributed by atoms with Crippen LogP contribution in [0.4, 0.5) is 13.2 Å². The fraction of sp³-hybridized carbons (Fsp3) is 0.462. The number of halogens is 3. The van der Waals surface area contributed by atoms with Crippen molar-refractivity contribution in [3.05, 3.63) is 30.1 Å². The number of likely N-dealkylation sites (tertiary alicyclic amines) is 1. The van der Waals surface area contributed by atoms with Crippen molar-refractivity contribution in [2.45, 2.75) is 31.6 Å². The maximum absolute atomic E-state index is 12.5. The summed E-state index contributed by atoms with van der Waals surface area (Å²) in [5.41, 5.74) is 0.782. The molecular weight excluding hydrogens is 287 g/mol. The third kappa shape index (κ3) is 3.71. The van der Waals surface area contributed by atoms with Gasteiger partial charge in [0.25, 0.3) is 0 Å². The molecule has 1 unspecified atom stereocenters. The third-order valence-electron chi connectivity index (χ3n) is 3.27. The van der Waals surface area contributed by atoms with E-state index >= 15 is 0 Å². The lowest BCUT2D eigenvalue weighted by atomic mass is 10.2. The largest absolute Gasteiger partial charge is 0.471 e. The predicted octanol–water partition coefficient (Wildman–Crippen LogP) is 1.25. The molecule has 2 amide bonds. The van der Waals surface area contributed by atoms with Crippen molar-refractivity contribution in [3.8, 4) is 0 Å². The molecule has 1 aromatic rings. The van der Waals surface area contributed by atoms with E-state index in [0.29, 0.717) is 11.3 Å². The molecule has 0 saturated carbocycles. The molecule has 0 aliphatic carbocycles. The number of nitrogens with zero attached hydrogens (tertiary/aromatic N) is 2. The number of nitrogens with one attached hydrogen (secondary N) is 1. The van der Waals surface area contributed by atoms with Gasteiger partial charge in [-0.1, -0.05) is 0 Å². The van der Waals surface area contributed by atoms with Gasteiger partial charge in [0.05, 0.1) is 0 Å². The second kappa shape index (κ2) is 6.11. The van der Waals surface area contributed by atoms with Crippen molar-refractivity contribution in [3.63, 3.8) is 0 Å².